The van der Waals surface area contributed by atoms with E-state index in [2.05, 4.69) is 20.7 Å². The molecule has 4 aromatic rings. The first-order chi connectivity index (χ1) is 12.8. The zero-order valence-corrected chi connectivity index (χ0v) is 16.2. The van der Waals surface area contributed by atoms with Crippen molar-refractivity contribution in [3.63, 3.8) is 0 Å². The molecule has 6 nitrogen and oxygen atoms in total. The van der Waals surface area contributed by atoms with Crippen LogP contribution < -0.4 is 10.1 Å². The maximum Gasteiger partial charge on any atom is 0.210 e. The van der Waals surface area contributed by atoms with Gasteiger partial charge in [0, 0.05) is 11.8 Å². The Kier molecular flexibility index (Phi) is 5.19. The molecule has 0 radical (unpaired) electrons. The van der Waals surface area contributed by atoms with E-state index >= 15 is 0 Å². The third kappa shape index (κ3) is 3.90. The number of hydrogen-bond acceptors (Lipinski definition) is 9. The van der Waals surface area contributed by atoms with Crippen molar-refractivity contribution in [3.8, 4) is 16.4 Å². The molecule has 1 N–H and O–H groups in total. The monoisotopic (exact) mass is 402 g/mol. The number of ether oxygens (including phenoxy) is 1. The van der Waals surface area contributed by atoms with E-state index in [0.29, 0.717) is 5.75 Å². The Morgan fingerprint density at radius 1 is 1.19 bits per heavy atom. The molecule has 132 valence electrons. The summed E-state index contributed by atoms with van der Waals surface area (Å²) in [6, 6.07) is 13.7. The molecular weight excluding hydrogens is 388 g/mol. The van der Waals surface area contributed by atoms with Gasteiger partial charge in [-0.1, -0.05) is 46.5 Å². The average molecular weight is 403 g/mol. The van der Waals surface area contributed by atoms with E-state index in [4.69, 9.17) is 9.26 Å². The van der Waals surface area contributed by atoms with Gasteiger partial charge >= 0.3 is 0 Å². The maximum atomic E-state index is 5.40. The van der Waals surface area contributed by atoms with Crippen LogP contribution in [-0.4, -0.2) is 22.5 Å². The van der Waals surface area contributed by atoms with Gasteiger partial charge in [0.1, 0.15) is 5.75 Å². The highest BCUT2D eigenvalue weighted by Gasteiger charge is 2.11. The molecule has 0 atom stereocenters. The molecule has 3 heterocycles. The minimum Gasteiger partial charge on any atom is -0.495 e. The van der Waals surface area contributed by atoms with Crippen molar-refractivity contribution in [1.82, 2.24) is 15.4 Å². The number of nitrogens with one attached hydrogen (secondary N) is 1. The molecule has 0 aliphatic heterocycles. The molecule has 0 fully saturated rings. The molecule has 0 aliphatic rings. The van der Waals surface area contributed by atoms with Crippen molar-refractivity contribution < 1.29 is 9.26 Å². The van der Waals surface area contributed by atoms with Crippen LogP contribution in [0.15, 0.2) is 56.7 Å². The standard InChI is InChI=1S/C17H14N4O2S3/c1-22-13-6-3-2-5-12(13)18-16-19-20-17(26-16)25-10-11-9-14(23-21-11)15-7-4-8-24-15/h2-9H,10H2,1H3,(H,18,19). The summed E-state index contributed by atoms with van der Waals surface area (Å²) >= 11 is 4.70. The molecule has 0 saturated heterocycles. The smallest absolute Gasteiger partial charge is 0.210 e. The largest absolute Gasteiger partial charge is 0.495 e. The Morgan fingerprint density at radius 3 is 2.96 bits per heavy atom. The van der Waals surface area contributed by atoms with Gasteiger partial charge in [-0.05, 0) is 23.6 Å². The van der Waals surface area contributed by atoms with Gasteiger partial charge in [-0.25, -0.2) is 0 Å². The SMILES string of the molecule is COc1ccccc1Nc1nnc(SCc2cc(-c3cccs3)on2)s1. The molecule has 0 saturated carbocycles. The first-order valence-corrected chi connectivity index (χ1v) is 10.4. The van der Waals surface area contributed by atoms with Crippen molar-refractivity contribution in [3.05, 3.63) is 53.5 Å². The predicted molar refractivity (Wildman–Crippen MR) is 106 cm³/mol. The topological polar surface area (TPSA) is 73.1 Å². The van der Waals surface area contributed by atoms with Gasteiger partial charge in [0.25, 0.3) is 0 Å². The van der Waals surface area contributed by atoms with Crippen LogP contribution in [0.2, 0.25) is 0 Å². The number of para-hydroxylation sites is 2. The Hall–Kier alpha value is -2.36. The lowest BCUT2D eigenvalue weighted by Crippen LogP contribution is -1.93. The Balaban J connectivity index is 1.38. The van der Waals surface area contributed by atoms with Gasteiger partial charge in [0.05, 0.1) is 23.4 Å². The number of anilines is 2. The maximum absolute atomic E-state index is 5.40. The number of thioether (sulfide) groups is 1. The summed E-state index contributed by atoms with van der Waals surface area (Å²) in [5.74, 6) is 2.24. The Morgan fingerprint density at radius 2 is 2.12 bits per heavy atom. The van der Waals surface area contributed by atoms with Crippen LogP contribution in [0.4, 0.5) is 10.8 Å². The highest BCUT2D eigenvalue weighted by molar-refractivity contribution is 8.00. The van der Waals surface area contributed by atoms with Gasteiger partial charge in [-0.2, -0.15) is 0 Å². The third-order valence-electron chi connectivity index (χ3n) is 3.42. The van der Waals surface area contributed by atoms with Gasteiger partial charge in [-0.15, -0.1) is 21.5 Å². The Bertz CT molecular complexity index is 981. The van der Waals surface area contributed by atoms with E-state index in [0.717, 1.165) is 37.2 Å². The van der Waals surface area contributed by atoms with Gasteiger partial charge < -0.3 is 14.6 Å². The van der Waals surface area contributed by atoms with Crippen LogP contribution >= 0.6 is 34.4 Å². The van der Waals surface area contributed by atoms with Crippen LogP contribution in [0.5, 0.6) is 5.75 Å². The lowest BCUT2D eigenvalue weighted by Gasteiger charge is -2.07. The van der Waals surface area contributed by atoms with Crippen molar-refractivity contribution in [1.29, 1.82) is 0 Å². The van der Waals surface area contributed by atoms with E-state index in [1.54, 1.807) is 30.2 Å². The van der Waals surface area contributed by atoms with Crippen LogP contribution in [0, 0.1) is 0 Å². The summed E-state index contributed by atoms with van der Waals surface area (Å²) in [5, 5.41) is 18.5. The van der Waals surface area contributed by atoms with E-state index in [1.807, 2.05) is 47.8 Å². The zero-order valence-electron chi connectivity index (χ0n) is 13.7. The number of methoxy groups -OCH3 is 1. The summed E-state index contributed by atoms with van der Waals surface area (Å²) < 4.78 is 11.6. The quantitative estimate of drug-likeness (QED) is 0.421. The molecular formula is C17H14N4O2S3. The fourth-order valence-electron chi connectivity index (χ4n) is 2.23. The molecule has 0 spiro atoms. The molecule has 0 amide bonds. The molecule has 9 heteroatoms. The number of aromatic nitrogens is 3. The average Bonchev–Trinajstić information content (AvgIpc) is 3.41. The van der Waals surface area contributed by atoms with Crippen LogP contribution in [0.25, 0.3) is 10.6 Å². The highest BCUT2D eigenvalue weighted by Crippen LogP contribution is 2.33. The fourth-order valence-corrected chi connectivity index (χ4v) is 4.55. The molecule has 4 rings (SSSR count). The van der Waals surface area contributed by atoms with Crippen LogP contribution in [-0.2, 0) is 5.75 Å². The van der Waals surface area contributed by atoms with Crippen molar-refractivity contribution >= 4 is 45.3 Å². The van der Waals surface area contributed by atoms with E-state index in [9.17, 15) is 0 Å². The molecule has 26 heavy (non-hydrogen) atoms. The van der Waals surface area contributed by atoms with Crippen molar-refractivity contribution in [2.45, 2.75) is 10.1 Å². The van der Waals surface area contributed by atoms with Crippen LogP contribution in [0.1, 0.15) is 5.69 Å². The van der Waals surface area contributed by atoms with E-state index in [1.165, 1.54) is 11.3 Å². The first-order valence-electron chi connectivity index (χ1n) is 7.67. The Labute approximate surface area is 162 Å². The summed E-state index contributed by atoms with van der Waals surface area (Å²) in [7, 11) is 1.64. The summed E-state index contributed by atoms with van der Waals surface area (Å²) in [6.45, 7) is 0. The lowest BCUT2D eigenvalue weighted by atomic mass is 10.3. The second kappa shape index (κ2) is 7.90. The van der Waals surface area contributed by atoms with Crippen molar-refractivity contribution in [2.24, 2.45) is 0 Å². The number of rotatable bonds is 7. The zero-order chi connectivity index (χ0) is 17.8. The number of nitrogens with zero attached hydrogens (tertiary/aromatic N) is 3. The van der Waals surface area contributed by atoms with Gasteiger partial charge in [0.15, 0.2) is 10.1 Å². The molecule has 0 aliphatic carbocycles. The number of thiophene rings is 1. The van der Waals surface area contributed by atoms with Gasteiger partial charge in [0.2, 0.25) is 5.13 Å². The summed E-state index contributed by atoms with van der Waals surface area (Å²) in [6.07, 6.45) is 0. The minimum absolute atomic E-state index is 0.679. The summed E-state index contributed by atoms with van der Waals surface area (Å²) in [5.41, 5.74) is 1.74. The minimum atomic E-state index is 0.679. The summed E-state index contributed by atoms with van der Waals surface area (Å²) in [4.78, 5) is 1.08. The second-order valence-electron chi connectivity index (χ2n) is 5.15. The third-order valence-corrected chi connectivity index (χ3v) is 6.31. The van der Waals surface area contributed by atoms with Crippen molar-refractivity contribution in [2.75, 3.05) is 12.4 Å². The highest BCUT2D eigenvalue weighted by atomic mass is 32.2. The molecule has 3 aromatic heterocycles. The van der Waals surface area contributed by atoms with E-state index in [-0.39, 0.29) is 0 Å². The lowest BCUT2D eigenvalue weighted by molar-refractivity contribution is 0.417. The van der Waals surface area contributed by atoms with Gasteiger partial charge in [-0.3, -0.25) is 0 Å². The number of benzene rings is 1. The fraction of sp³-hybridized carbons (Fsp3) is 0.118. The van der Waals surface area contributed by atoms with E-state index < -0.39 is 0 Å². The second-order valence-corrected chi connectivity index (χ2v) is 8.29. The predicted octanol–water partition coefficient (Wildman–Crippen LogP) is 5.30. The molecule has 0 unspecified atom stereocenters. The molecule has 1 aromatic carbocycles. The normalized spacial score (nSPS) is 10.8. The van der Waals surface area contributed by atoms with Crippen LogP contribution in [0.3, 0.4) is 0 Å². The first kappa shape index (κ1) is 17.1. The molecule has 0 bridgehead atoms. The number of hydrogen-bond donors (Lipinski definition) is 1.